The van der Waals surface area contributed by atoms with Gasteiger partial charge in [-0.3, -0.25) is 4.79 Å². The van der Waals surface area contributed by atoms with Gasteiger partial charge in [-0.15, -0.1) is 11.3 Å². The van der Waals surface area contributed by atoms with E-state index in [1.54, 1.807) is 17.6 Å². The first-order valence-corrected chi connectivity index (χ1v) is 8.37. The summed E-state index contributed by atoms with van der Waals surface area (Å²) in [6.45, 7) is 3.66. The lowest BCUT2D eigenvalue weighted by atomic mass is 10.1. The van der Waals surface area contributed by atoms with Crippen LogP contribution in [0.25, 0.3) is 11.0 Å². The Morgan fingerprint density at radius 2 is 2.12 bits per heavy atom. The first-order chi connectivity index (χ1) is 11.4. The summed E-state index contributed by atoms with van der Waals surface area (Å²) < 4.78 is 5.20. The number of thiazole rings is 1. The van der Waals surface area contributed by atoms with Crippen LogP contribution in [-0.4, -0.2) is 16.9 Å². The fraction of sp³-hybridized carbons (Fsp3) is 0.235. The normalized spacial score (nSPS) is 12.3. The summed E-state index contributed by atoms with van der Waals surface area (Å²) in [5.41, 5.74) is 10.8. The van der Waals surface area contributed by atoms with Crippen molar-refractivity contribution in [2.75, 3.05) is 5.32 Å². The van der Waals surface area contributed by atoms with Crippen LogP contribution in [0.3, 0.4) is 0 Å². The van der Waals surface area contributed by atoms with E-state index >= 15 is 0 Å². The molecular formula is C17H17N3O3S. The van der Waals surface area contributed by atoms with Gasteiger partial charge in [0.1, 0.15) is 5.58 Å². The molecule has 1 atom stereocenters. The van der Waals surface area contributed by atoms with E-state index in [2.05, 4.69) is 10.3 Å². The summed E-state index contributed by atoms with van der Waals surface area (Å²) in [5, 5.41) is 5.50. The monoisotopic (exact) mass is 343 g/mol. The van der Waals surface area contributed by atoms with E-state index in [0.29, 0.717) is 17.7 Å². The molecule has 0 saturated heterocycles. The molecule has 1 amide bonds. The molecule has 3 rings (SSSR count). The zero-order valence-electron chi connectivity index (χ0n) is 13.3. The first kappa shape index (κ1) is 16.4. The maximum atomic E-state index is 12.3. The van der Waals surface area contributed by atoms with Gasteiger partial charge in [0.2, 0.25) is 5.91 Å². The van der Waals surface area contributed by atoms with Crippen molar-refractivity contribution >= 4 is 33.9 Å². The number of hydrogen-bond donors (Lipinski definition) is 2. The molecule has 0 saturated carbocycles. The summed E-state index contributed by atoms with van der Waals surface area (Å²) in [6, 6.07) is 4.29. The van der Waals surface area contributed by atoms with Gasteiger partial charge in [-0.05, 0) is 37.1 Å². The number of aromatic nitrogens is 1. The van der Waals surface area contributed by atoms with E-state index in [0.717, 1.165) is 22.2 Å². The number of rotatable bonds is 4. The third-order valence-corrected chi connectivity index (χ3v) is 4.44. The van der Waals surface area contributed by atoms with Crippen LogP contribution >= 0.6 is 11.3 Å². The second kappa shape index (κ2) is 6.54. The quantitative estimate of drug-likeness (QED) is 0.709. The zero-order chi connectivity index (χ0) is 17.3. The number of amides is 1. The Morgan fingerprint density at radius 1 is 1.33 bits per heavy atom. The average Bonchev–Trinajstić information content (AvgIpc) is 3.01. The van der Waals surface area contributed by atoms with Crippen LogP contribution in [0.1, 0.15) is 16.8 Å². The summed E-state index contributed by atoms with van der Waals surface area (Å²) in [5.74, 6) is -0.277. The lowest BCUT2D eigenvalue weighted by molar-refractivity contribution is -0.117. The maximum absolute atomic E-state index is 12.3. The van der Waals surface area contributed by atoms with Crippen LogP contribution in [0.5, 0.6) is 0 Å². The molecule has 124 valence electrons. The predicted molar refractivity (Wildman–Crippen MR) is 94.4 cm³/mol. The summed E-state index contributed by atoms with van der Waals surface area (Å²) in [6.07, 6.45) is 0.385. The number of fused-ring (bicyclic) bond motifs is 1. The van der Waals surface area contributed by atoms with Gasteiger partial charge in [0.25, 0.3) is 0 Å². The van der Waals surface area contributed by atoms with Crippen LogP contribution in [0.2, 0.25) is 0 Å². The molecule has 7 heteroatoms. The lowest BCUT2D eigenvalue weighted by Gasteiger charge is -2.14. The van der Waals surface area contributed by atoms with Crippen molar-refractivity contribution in [1.82, 2.24) is 4.98 Å². The van der Waals surface area contributed by atoms with Gasteiger partial charge in [-0.1, -0.05) is 0 Å². The molecular weight excluding hydrogens is 326 g/mol. The Kier molecular flexibility index (Phi) is 4.46. The van der Waals surface area contributed by atoms with Crippen molar-refractivity contribution in [3.8, 4) is 0 Å². The van der Waals surface area contributed by atoms with Gasteiger partial charge in [0, 0.05) is 28.9 Å². The standard InChI is InChI=1S/C17H17N3O3S/c1-9-4-16(21)23-15-3-10(2)14(6-12(9)15)20-17(22)13(18)5-11-7-24-8-19-11/h3-4,6-8,13H,5,18H2,1-2H3,(H,20,22)/t13-/m0/s1. The Bertz CT molecular complexity index is 948. The molecule has 2 heterocycles. The molecule has 0 bridgehead atoms. The van der Waals surface area contributed by atoms with Gasteiger partial charge in [-0.2, -0.15) is 0 Å². The molecule has 24 heavy (non-hydrogen) atoms. The van der Waals surface area contributed by atoms with E-state index in [1.165, 1.54) is 17.4 Å². The predicted octanol–water partition coefficient (Wildman–Crippen LogP) is 2.37. The number of nitrogens with zero attached hydrogens (tertiary/aromatic N) is 1. The van der Waals surface area contributed by atoms with Crippen LogP contribution in [0.4, 0.5) is 5.69 Å². The van der Waals surface area contributed by atoms with E-state index < -0.39 is 6.04 Å². The maximum Gasteiger partial charge on any atom is 0.336 e. The van der Waals surface area contributed by atoms with Crippen molar-refractivity contribution < 1.29 is 9.21 Å². The molecule has 2 aromatic heterocycles. The Morgan fingerprint density at radius 3 is 2.83 bits per heavy atom. The number of benzene rings is 1. The third-order valence-electron chi connectivity index (χ3n) is 3.80. The van der Waals surface area contributed by atoms with Crippen LogP contribution in [0.15, 0.2) is 38.3 Å². The zero-order valence-corrected chi connectivity index (χ0v) is 14.1. The van der Waals surface area contributed by atoms with Gasteiger partial charge >= 0.3 is 5.63 Å². The highest BCUT2D eigenvalue weighted by molar-refractivity contribution is 7.07. The number of anilines is 1. The largest absolute Gasteiger partial charge is 0.423 e. The minimum absolute atomic E-state index is 0.277. The van der Waals surface area contributed by atoms with E-state index in [9.17, 15) is 9.59 Å². The van der Waals surface area contributed by atoms with Crippen molar-refractivity contribution in [2.45, 2.75) is 26.3 Å². The Balaban J connectivity index is 1.85. The highest BCUT2D eigenvalue weighted by Crippen LogP contribution is 2.25. The summed E-state index contributed by atoms with van der Waals surface area (Å²) >= 11 is 1.47. The minimum atomic E-state index is -0.683. The highest BCUT2D eigenvalue weighted by atomic mass is 32.1. The third kappa shape index (κ3) is 3.37. The molecule has 3 aromatic rings. The molecule has 1 aromatic carbocycles. The molecule has 3 N–H and O–H groups in total. The van der Waals surface area contributed by atoms with E-state index in [-0.39, 0.29) is 11.5 Å². The fourth-order valence-corrected chi connectivity index (χ4v) is 3.05. The second-order valence-corrected chi connectivity index (χ2v) is 6.41. The van der Waals surface area contributed by atoms with Crippen LogP contribution in [-0.2, 0) is 11.2 Å². The summed E-state index contributed by atoms with van der Waals surface area (Å²) in [7, 11) is 0. The summed E-state index contributed by atoms with van der Waals surface area (Å²) in [4.78, 5) is 27.9. The molecule has 0 fully saturated rings. The molecule has 0 unspecified atom stereocenters. The van der Waals surface area contributed by atoms with Crippen molar-refractivity contribution in [1.29, 1.82) is 0 Å². The molecule has 6 nitrogen and oxygen atoms in total. The van der Waals surface area contributed by atoms with Crippen molar-refractivity contribution in [2.24, 2.45) is 5.73 Å². The minimum Gasteiger partial charge on any atom is -0.423 e. The second-order valence-electron chi connectivity index (χ2n) is 5.69. The number of hydrogen-bond acceptors (Lipinski definition) is 6. The van der Waals surface area contributed by atoms with Gasteiger partial charge in [-0.25, -0.2) is 9.78 Å². The van der Waals surface area contributed by atoms with Gasteiger partial charge < -0.3 is 15.5 Å². The molecule has 0 aliphatic heterocycles. The van der Waals surface area contributed by atoms with Gasteiger partial charge in [0.05, 0.1) is 17.2 Å². The SMILES string of the molecule is Cc1cc2oc(=O)cc(C)c2cc1NC(=O)[C@@H](N)Cc1cscn1. The van der Waals surface area contributed by atoms with Crippen LogP contribution in [0, 0.1) is 13.8 Å². The van der Waals surface area contributed by atoms with Crippen molar-refractivity contribution in [3.05, 3.63) is 56.3 Å². The Labute approximate surface area is 142 Å². The fourth-order valence-electron chi connectivity index (χ4n) is 2.48. The molecule has 0 spiro atoms. The molecule has 0 aliphatic rings. The number of nitrogens with one attached hydrogen (secondary N) is 1. The smallest absolute Gasteiger partial charge is 0.336 e. The topological polar surface area (TPSA) is 98.2 Å². The van der Waals surface area contributed by atoms with E-state index in [1.807, 2.05) is 19.2 Å². The number of nitrogens with two attached hydrogens (primary N) is 1. The molecule has 0 radical (unpaired) electrons. The van der Waals surface area contributed by atoms with E-state index in [4.69, 9.17) is 10.2 Å². The number of carbonyl (C=O) groups excluding carboxylic acids is 1. The average molecular weight is 343 g/mol. The first-order valence-electron chi connectivity index (χ1n) is 7.42. The van der Waals surface area contributed by atoms with Crippen LogP contribution < -0.4 is 16.7 Å². The number of carbonyl (C=O) groups is 1. The Hall–Kier alpha value is -2.51. The number of aryl methyl sites for hydroxylation is 2. The molecule has 0 aliphatic carbocycles. The van der Waals surface area contributed by atoms with Crippen molar-refractivity contribution in [3.63, 3.8) is 0 Å². The van der Waals surface area contributed by atoms with Gasteiger partial charge in [0.15, 0.2) is 0 Å². The lowest BCUT2D eigenvalue weighted by Crippen LogP contribution is -2.37. The highest BCUT2D eigenvalue weighted by Gasteiger charge is 2.17.